The van der Waals surface area contributed by atoms with E-state index < -0.39 is 33.5 Å². The Bertz CT molecular complexity index is 1090. The van der Waals surface area contributed by atoms with E-state index in [-0.39, 0.29) is 37.1 Å². The minimum atomic E-state index is -3.40. The van der Waals surface area contributed by atoms with Gasteiger partial charge in [0.1, 0.15) is 0 Å². The first-order valence-corrected chi connectivity index (χ1v) is 14.4. The molecule has 11 nitrogen and oxygen atoms in total. The molecule has 0 amide bonds. The Morgan fingerprint density at radius 2 is 1.92 bits per heavy atom. The molecule has 0 aromatic carbocycles. The Balaban J connectivity index is 2.45. The monoisotopic (exact) mass is 542 g/mol. The van der Waals surface area contributed by atoms with Crippen molar-refractivity contribution in [2.24, 2.45) is 5.92 Å². The van der Waals surface area contributed by atoms with Gasteiger partial charge in [0, 0.05) is 50.3 Å². The number of H-pyrrole nitrogens is 1. The molecule has 0 saturated carbocycles. The van der Waals surface area contributed by atoms with E-state index in [0.29, 0.717) is 6.42 Å². The van der Waals surface area contributed by atoms with Crippen LogP contribution in [0, 0.1) is 17.2 Å². The number of rotatable bonds is 13. The molecule has 13 heteroatoms. The van der Waals surface area contributed by atoms with Crippen molar-refractivity contribution in [3.63, 3.8) is 0 Å². The quantitative estimate of drug-likeness (QED) is 0.220. The van der Waals surface area contributed by atoms with Crippen molar-refractivity contribution >= 4 is 16.1 Å². The van der Waals surface area contributed by atoms with E-state index in [9.17, 15) is 14.2 Å². The van der Waals surface area contributed by atoms with Crippen LogP contribution in [0.2, 0.25) is 0 Å². The van der Waals surface area contributed by atoms with Gasteiger partial charge in [-0.25, -0.2) is 9.46 Å². The summed E-state index contributed by atoms with van der Waals surface area (Å²) in [5, 5.41) is 9.00. The maximum Gasteiger partial charge on any atom is 0.353 e. The molecule has 4 atom stereocenters. The normalized spacial score (nSPS) is 21.5. The van der Waals surface area contributed by atoms with Crippen LogP contribution in [0.1, 0.15) is 46.6 Å². The zero-order valence-electron chi connectivity index (χ0n) is 21.6. The summed E-state index contributed by atoms with van der Waals surface area (Å²) in [5.74, 6) is 1.07. The standard InChI is InChI=1S/C23H36N4O7P2/c1-17(2)27(18(3)4)35(33-14-7-12-24)34-21-16-20(26-13-10-22(28)25-23(26)29)9-8-19(21)11-15-36(30,31-5)32-6/h8-11,13,15,17-21H,7,14,16H2,1-6H3,(H,25,28,29)/b15-11+. The SMILES string of the molecule is COP(=O)(/C=C/C1C=CC(n2ccc(=O)[nH]c2=O)CC1OP(OCCC#N)N(C(C)C)C(C)C)OC. The van der Waals surface area contributed by atoms with Gasteiger partial charge in [0.25, 0.3) is 14.1 Å². The average Bonchev–Trinajstić information content (AvgIpc) is 2.82. The first-order valence-electron chi connectivity index (χ1n) is 11.7. The van der Waals surface area contributed by atoms with Gasteiger partial charge in [-0.2, -0.15) is 5.26 Å². The van der Waals surface area contributed by atoms with Crippen molar-refractivity contribution in [2.75, 3.05) is 20.8 Å². The lowest BCUT2D eigenvalue weighted by Gasteiger charge is -2.40. The van der Waals surface area contributed by atoms with E-state index in [0.717, 1.165) is 0 Å². The van der Waals surface area contributed by atoms with E-state index in [4.69, 9.17) is 23.4 Å². The van der Waals surface area contributed by atoms with Crippen molar-refractivity contribution in [1.29, 1.82) is 5.26 Å². The van der Waals surface area contributed by atoms with Crippen molar-refractivity contribution in [3.8, 4) is 6.07 Å². The summed E-state index contributed by atoms with van der Waals surface area (Å²) in [7, 11) is -2.36. The fourth-order valence-electron chi connectivity index (χ4n) is 3.86. The highest BCUT2D eigenvalue weighted by atomic mass is 31.2. The highest BCUT2D eigenvalue weighted by Crippen LogP contribution is 2.51. The van der Waals surface area contributed by atoms with Gasteiger partial charge in [-0.15, -0.1) is 0 Å². The number of allylic oxidation sites excluding steroid dienone is 1. The molecule has 2 rings (SSSR count). The molecule has 1 aliphatic rings. The maximum atomic E-state index is 12.6. The Morgan fingerprint density at radius 1 is 1.25 bits per heavy atom. The van der Waals surface area contributed by atoms with Crippen LogP contribution in [0.15, 0.2) is 45.9 Å². The average molecular weight is 543 g/mol. The largest absolute Gasteiger partial charge is 0.353 e. The van der Waals surface area contributed by atoms with Gasteiger partial charge in [-0.1, -0.05) is 18.2 Å². The number of hydrogen-bond acceptors (Lipinski definition) is 9. The molecule has 1 aliphatic carbocycles. The lowest BCUT2D eigenvalue weighted by atomic mass is 9.90. The van der Waals surface area contributed by atoms with Crippen LogP contribution in [0.3, 0.4) is 0 Å². The van der Waals surface area contributed by atoms with E-state index in [1.807, 2.05) is 39.8 Å². The number of nitriles is 1. The third-order valence-electron chi connectivity index (χ3n) is 5.55. The van der Waals surface area contributed by atoms with Gasteiger partial charge in [0.2, 0.25) is 0 Å². The van der Waals surface area contributed by atoms with Crippen LogP contribution in [-0.4, -0.2) is 53.2 Å². The predicted molar refractivity (Wildman–Crippen MR) is 138 cm³/mol. The summed E-state index contributed by atoms with van der Waals surface area (Å²) < 4.78 is 38.8. The third kappa shape index (κ3) is 8.32. The third-order valence-corrected chi connectivity index (χ3v) is 9.27. The number of nitrogens with one attached hydrogen (secondary N) is 1. The first kappa shape index (κ1) is 30.3. The summed E-state index contributed by atoms with van der Waals surface area (Å²) in [6.45, 7) is 8.38. The molecule has 1 aromatic rings. The minimum absolute atomic E-state index is 0.103. The second kappa shape index (κ2) is 14.2. The Labute approximate surface area is 213 Å². The molecule has 0 bridgehead atoms. The Morgan fingerprint density at radius 3 is 2.47 bits per heavy atom. The van der Waals surface area contributed by atoms with E-state index in [1.165, 1.54) is 36.9 Å². The summed E-state index contributed by atoms with van der Waals surface area (Å²) >= 11 is 0. The van der Waals surface area contributed by atoms with E-state index in [2.05, 4.69) is 15.7 Å². The number of aromatic nitrogens is 2. The molecule has 0 radical (unpaired) electrons. The van der Waals surface area contributed by atoms with Crippen LogP contribution in [0.5, 0.6) is 0 Å². The van der Waals surface area contributed by atoms with Crippen molar-refractivity contribution in [1.82, 2.24) is 14.2 Å². The first-order chi connectivity index (χ1) is 17.0. The molecule has 0 spiro atoms. The van der Waals surface area contributed by atoms with Crippen LogP contribution in [-0.2, 0) is 22.7 Å². The van der Waals surface area contributed by atoms with Crippen molar-refractivity contribution < 1.29 is 22.7 Å². The number of aromatic amines is 1. The number of nitrogens with zero attached hydrogens (tertiary/aromatic N) is 3. The van der Waals surface area contributed by atoms with Gasteiger partial charge in [0.15, 0.2) is 0 Å². The van der Waals surface area contributed by atoms with Gasteiger partial charge in [0.05, 0.1) is 31.2 Å². The number of hydrogen-bond donors (Lipinski definition) is 1. The van der Waals surface area contributed by atoms with E-state index in [1.54, 1.807) is 6.08 Å². The second-order valence-electron chi connectivity index (χ2n) is 8.72. The lowest BCUT2D eigenvalue weighted by molar-refractivity contribution is 0.100. The van der Waals surface area contributed by atoms with Crippen molar-refractivity contribution in [2.45, 2.75) is 64.8 Å². The molecule has 0 saturated heterocycles. The molecule has 4 unspecified atom stereocenters. The summed E-state index contributed by atoms with van der Waals surface area (Å²) in [6.07, 6.45) is 6.99. The molecular formula is C23H36N4O7P2. The molecule has 200 valence electrons. The minimum Gasteiger partial charge on any atom is -0.321 e. The van der Waals surface area contributed by atoms with Gasteiger partial charge in [-0.05, 0) is 34.1 Å². The van der Waals surface area contributed by atoms with Crippen LogP contribution in [0.4, 0.5) is 0 Å². The molecule has 1 aromatic heterocycles. The van der Waals surface area contributed by atoms with Crippen LogP contribution >= 0.6 is 16.1 Å². The Hall–Kier alpha value is -1.89. The molecular weight excluding hydrogens is 506 g/mol. The molecule has 1 heterocycles. The fraction of sp³-hybridized carbons (Fsp3) is 0.609. The fourth-order valence-corrected chi connectivity index (χ4v) is 6.43. The topological polar surface area (TPSA) is 136 Å². The second-order valence-corrected chi connectivity index (χ2v) is 12.2. The van der Waals surface area contributed by atoms with Crippen LogP contribution in [0.25, 0.3) is 0 Å². The summed E-state index contributed by atoms with van der Waals surface area (Å²) in [5.41, 5.74) is -0.995. The van der Waals surface area contributed by atoms with Crippen molar-refractivity contribution in [3.05, 3.63) is 57.1 Å². The van der Waals surface area contributed by atoms with Crippen LogP contribution < -0.4 is 11.2 Å². The highest BCUT2D eigenvalue weighted by molar-refractivity contribution is 7.57. The van der Waals surface area contributed by atoms with E-state index >= 15 is 0 Å². The van der Waals surface area contributed by atoms with Gasteiger partial charge < -0.3 is 18.1 Å². The molecule has 0 aliphatic heterocycles. The highest BCUT2D eigenvalue weighted by Gasteiger charge is 2.35. The predicted octanol–water partition coefficient (Wildman–Crippen LogP) is 4.31. The zero-order valence-corrected chi connectivity index (χ0v) is 23.4. The Kier molecular flexibility index (Phi) is 11.9. The molecule has 0 fully saturated rings. The zero-order chi connectivity index (χ0) is 26.9. The summed E-state index contributed by atoms with van der Waals surface area (Å²) in [4.78, 5) is 26.3. The van der Waals surface area contributed by atoms with Gasteiger partial charge in [-0.3, -0.25) is 18.9 Å². The summed E-state index contributed by atoms with van der Waals surface area (Å²) in [6, 6.07) is 3.20. The lowest BCUT2D eigenvalue weighted by Crippen LogP contribution is -2.38. The maximum absolute atomic E-state index is 12.6. The molecule has 36 heavy (non-hydrogen) atoms. The van der Waals surface area contributed by atoms with Gasteiger partial charge >= 0.3 is 13.3 Å². The molecule has 1 N–H and O–H groups in total. The smallest absolute Gasteiger partial charge is 0.321 e.